The summed E-state index contributed by atoms with van der Waals surface area (Å²) < 4.78 is 12.4. The first-order valence-corrected chi connectivity index (χ1v) is 16.8. The van der Waals surface area contributed by atoms with E-state index < -0.39 is 24.1 Å². The quantitative estimate of drug-likeness (QED) is 0.239. The number of likely N-dealkylation sites (tertiary alicyclic amines) is 1. The number of hydroxylamine groups is 2. The molecule has 4 amide bonds. The Balaban J connectivity index is 1.16. The van der Waals surface area contributed by atoms with Crippen molar-refractivity contribution in [1.29, 1.82) is 0 Å². The van der Waals surface area contributed by atoms with E-state index in [4.69, 9.17) is 14.3 Å². The van der Waals surface area contributed by atoms with Gasteiger partial charge in [0.25, 0.3) is 11.8 Å². The molecular formula is C33H45N7O8. The molecule has 3 fully saturated rings. The van der Waals surface area contributed by atoms with Gasteiger partial charge in [0.1, 0.15) is 12.1 Å². The van der Waals surface area contributed by atoms with Crippen molar-refractivity contribution in [3.05, 3.63) is 42.1 Å². The lowest BCUT2D eigenvalue weighted by Gasteiger charge is -2.34. The molecule has 2 atom stereocenters. The number of hydrogen-bond acceptors (Lipinski definition) is 10. The van der Waals surface area contributed by atoms with Gasteiger partial charge in [0.05, 0.1) is 25.4 Å². The molecule has 1 aliphatic carbocycles. The van der Waals surface area contributed by atoms with E-state index in [1.807, 2.05) is 25.1 Å². The fourth-order valence-corrected chi connectivity index (χ4v) is 5.78. The van der Waals surface area contributed by atoms with Crippen LogP contribution in [-0.4, -0.2) is 118 Å². The minimum absolute atomic E-state index is 0.000294. The van der Waals surface area contributed by atoms with E-state index in [9.17, 15) is 24.0 Å². The van der Waals surface area contributed by atoms with Gasteiger partial charge in [-0.15, -0.1) is 5.06 Å². The Morgan fingerprint density at radius 3 is 2.42 bits per heavy atom. The van der Waals surface area contributed by atoms with Crippen LogP contribution in [0.5, 0.6) is 5.88 Å². The van der Waals surface area contributed by atoms with E-state index in [2.05, 4.69) is 15.7 Å². The topological polar surface area (TPSA) is 165 Å². The number of benzene rings is 1. The molecule has 1 aromatic heterocycles. The third kappa shape index (κ3) is 8.82. The molecule has 2 aromatic rings. The van der Waals surface area contributed by atoms with E-state index in [1.165, 1.54) is 15.8 Å². The predicted molar refractivity (Wildman–Crippen MR) is 172 cm³/mol. The number of aromatic nitrogens is 2. The molecule has 1 saturated carbocycles. The van der Waals surface area contributed by atoms with Crippen molar-refractivity contribution in [1.82, 2.24) is 35.3 Å². The maximum Gasteiger partial charge on any atom is 0.527 e. The highest BCUT2D eigenvalue weighted by Gasteiger charge is 2.36. The van der Waals surface area contributed by atoms with Crippen molar-refractivity contribution in [2.75, 3.05) is 45.9 Å². The molecule has 260 valence electrons. The molecule has 2 N–H and O–H groups in total. The first-order chi connectivity index (χ1) is 23.2. The highest BCUT2D eigenvalue weighted by molar-refractivity contribution is 5.96. The first kappa shape index (κ1) is 34.7. The van der Waals surface area contributed by atoms with Gasteiger partial charge in [-0.3, -0.25) is 19.2 Å². The maximum absolute atomic E-state index is 13.3. The molecule has 48 heavy (non-hydrogen) atoms. The van der Waals surface area contributed by atoms with Crippen LogP contribution in [0.2, 0.25) is 0 Å². The van der Waals surface area contributed by atoms with Crippen LogP contribution < -0.4 is 15.4 Å². The van der Waals surface area contributed by atoms with Gasteiger partial charge in [-0.2, -0.15) is 5.10 Å². The number of para-hydroxylation sites is 1. The summed E-state index contributed by atoms with van der Waals surface area (Å²) in [5.74, 6) is -1.17. The zero-order chi connectivity index (χ0) is 34.0. The number of carbonyl (C=O) groups excluding carboxylic acids is 5. The molecule has 0 unspecified atom stereocenters. The zero-order valence-corrected chi connectivity index (χ0v) is 27.6. The molecule has 3 heterocycles. The van der Waals surface area contributed by atoms with Gasteiger partial charge in [0.15, 0.2) is 12.3 Å². The van der Waals surface area contributed by atoms with Gasteiger partial charge in [-0.1, -0.05) is 31.5 Å². The van der Waals surface area contributed by atoms with E-state index in [1.54, 1.807) is 28.9 Å². The number of ether oxygens (including phenoxy) is 2. The van der Waals surface area contributed by atoms with E-state index in [-0.39, 0.29) is 41.9 Å². The number of nitrogens with zero attached hydrogens (tertiary/aromatic N) is 5. The summed E-state index contributed by atoms with van der Waals surface area (Å²) in [4.78, 5) is 72.7. The molecule has 0 spiro atoms. The minimum atomic E-state index is -0.866. The first-order valence-electron chi connectivity index (χ1n) is 16.8. The number of nitrogens with one attached hydrogen (secondary N) is 2. The van der Waals surface area contributed by atoms with Crippen LogP contribution in [0.25, 0.3) is 5.69 Å². The van der Waals surface area contributed by atoms with E-state index in [0.717, 1.165) is 38.5 Å². The molecule has 15 nitrogen and oxygen atoms in total. The third-order valence-corrected chi connectivity index (χ3v) is 8.77. The fraction of sp³-hybridized carbons (Fsp3) is 0.576. The molecule has 5 rings (SSSR count). The monoisotopic (exact) mass is 667 g/mol. The molecular weight excluding hydrogens is 622 g/mol. The Bertz CT molecular complexity index is 1440. The molecule has 2 saturated heterocycles. The molecule has 0 bridgehead atoms. The Hall–Kier alpha value is -4.66. The summed E-state index contributed by atoms with van der Waals surface area (Å²) in [7, 11) is 0. The van der Waals surface area contributed by atoms with Crippen molar-refractivity contribution in [3.8, 4) is 11.6 Å². The average Bonchev–Trinajstić information content (AvgIpc) is 3.74. The number of amides is 4. The van der Waals surface area contributed by atoms with Gasteiger partial charge < -0.3 is 34.7 Å². The summed E-state index contributed by atoms with van der Waals surface area (Å²) in [6.45, 7) is 5.22. The van der Waals surface area contributed by atoms with Crippen molar-refractivity contribution in [2.24, 2.45) is 0 Å². The van der Waals surface area contributed by atoms with Crippen LogP contribution in [0.4, 0.5) is 4.79 Å². The fourth-order valence-electron chi connectivity index (χ4n) is 5.78. The molecule has 3 aliphatic rings. The maximum atomic E-state index is 13.3. The summed E-state index contributed by atoms with van der Waals surface area (Å²) in [6, 6.07) is 9.24. The van der Waals surface area contributed by atoms with Crippen LogP contribution in [-0.2, 0) is 24.0 Å². The average molecular weight is 668 g/mol. The number of carbonyl (C=O) groups is 5. The van der Waals surface area contributed by atoms with Crippen LogP contribution in [0.1, 0.15) is 69.3 Å². The molecule has 0 radical (unpaired) electrons. The second kappa shape index (κ2) is 16.4. The highest BCUT2D eigenvalue weighted by Crippen LogP contribution is 2.23. The lowest BCUT2D eigenvalue weighted by molar-refractivity contribution is -0.157. The summed E-state index contributed by atoms with van der Waals surface area (Å²) in [5.41, 5.74) is 0.607. The lowest BCUT2D eigenvalue weighted by atomic mass is 9.93. The van der Waals surface area contributed by atoms with E-state index in [0.29, 0.717) is 51.4 Å². The summed E-state index contributed by atoms with van der Waals surface area (Å²) in [6.07, 6.45) is 5.25. The molecule has 15 heteroatoms. The Morgan fingerprint density at radius 1 is 0.979 bits per heavy atom. The summed E-state index contributed by atoms with van der Waals surface area (Å²) >= 11 is 0. The van der Waals surface area contributed by atoms with Gasteiger partial charge in [-0.05, 0) is 57.6 Å². The zero-order valence-electron chi connectivity index (χ0n) is 27.6. The Labute approximate surface area is 279 Å². The van der Waals surface area contributed by atoms with Crippen LogP contribution in [0, 0.1) is 0 Å². The van der Waals surface area contributed by atoms with Gasteiger partial charge in [0, 0.05) is 31.7 Å². The van der Waals surface area contributed by atoms with Gasteiger partial charge in [-0.25, -0.2) is 9.48 Å². The normalized spacial score (nSPS) is 18.8. The van der Waals surface area contributed by atoms with Gasteiger partial charge >= 0.3 is 6.16 Å². The second-order valence-corrected chi connectivity index (χ2v) is 12.3. The largest absolute Gasteiger partial charge is 0.527 e. The van der Waals surface area contributed by atoms with Crippen molar-refractivity contribution < 1.29 is 38.3 Å². The van der Waals surface area contributed by atoms with Crippen molar-refractivity contribution in [2.45, 2.75) is 76.9 Å². The standard InChI is InChI=1S/C33H45N7O8/c1-3-4-20-46-33(45)48-38-18-16-37(17-19-38)32(44)23(2)34-30(42)26-21-29(40(36-26)25-12-6-5-7-13-25)47-22-28(41)39-15-9-14-27(39)31(43)35-24-10-8-11-24/h5-7,12-13,21,23-24,27H,3-4,8-11,14-20,22H2,1-2H3,(H,34,42)(H,35,43)/t23-,27-/m0/s1. The highest BCUT2D eigenvalue weighted by atomic mass is 16.8. The smallest absolute Gasteiger partial charge is 0.467 e. The number of unbranched alkanes of at least 4 members (excludes halogenated alkanes) is 1. The SMILES string of the molecule is CCCCOC(=O)ON1CCN(C(=O)[C@H](C)NC(=O)c2cc(OCC(=O)N3CCC[C@H]3C(=O)NC3CCC3)n(-c3ccccc3)n2)CC1. The lowest BCUT2D eigenvalue weighted by Crippen LogP contribution is -2.54. The van der Waals surface area contributed by atoms with Crippen LogP contribution in [0.3, 0.4) is 0 Å². The van der Waals surface area contributed by atoms with Crippen LogP contribution in [0.15, 0.2) is 36.4 Å². The number of rotatable bonds is 13. The summed E-state index contributed by atoms with van der Waals surface area (Å²) in [5, 5.41) is 11.6. The third-order valence-electron chi connectivity index (χ3n) is 8.77. The Kier molecular flexibility index (Phi) is 11.9. The minimum Gasteiger partial charge on any atom is -0.467 e. The van der Waals surface area contributed by atoms with Gasteiger partial charge in [0.2, 0.25) is 17.7 Å². The van der Waals surface area contributed by atoms with Crippen molar-refractivity contribution in [3.63, 3.8) is 0 Å². The van der Waals surface area contributed by atoms with E-state index >= 15 is 0 Å². The second-order valence-electron chi connectivity index (χ2n) is 12.3. The Morgan fingerprint density at radius 2 is 1.73 bits per heavy atom. The number of hydrogen-bond donors (Lipinski definition) is 2. The number of piperazine rings is 1. The molecule has 2 aliphatic heterocycles. The van der Waals surface area contributed by atoms with Crippen LogP contribution >= 0.6 is 0 Å². The molecule has 1 aromatic carbocycles. The van der Waals surface area contributed by atoms with Crippen molar-refractivity contribution >= 4 is 29.8 Å². The predicted octanol–water partition coefficient (Wildman–Crippen LogP) is 2.04.